The molecule has 0 aromatic heterocycles. The number of alkyl halides is 3. The van der Waals surface area contributed by atoms with Gasteiger partial charge in [0.1, 0.15) is 11.9 Å². The molecule has 2 aliphatic rings. The first-order valence-corrected chi connectivity index (χ1v) is 12.6. The first kappa shape index (κ1) is 30.2. The number of ether oxygens (including phenoxy) is 2. The number of anilines is 1. The van der Waals surface area contributed by atoms with Crippen LogP contribution < -0.4 is 15.5 Å². The first-order chi connectivity index (χ1) is 18.3. The van der Waals surface area contributed by atoms with Gasteiger partial charge in [0.25, 0.3) is 5.91 Å². The van der Waals surface area contributed by atoms with Crippen LogP contribution in [0.3, 0.4) is 0 Å². The number of methoxy groups -OCH3 is 1. The normalized spacial score (nSPS) is 27.6. The number of amides is 1. The Kier molecular flexibility index (Phi) is 7.51. The Labute approximate surface area is 228 Å². The van der Waals surface area contributed by atoms with Crippen molar-refractivity contribution in [1.82, 2.24) is 0 Å². The fourth-order valence-electron chi connectivity index (χ4n) is 5.02. The summed E-state index contributed by atoms with van der Waals surface area (Å²) in [5.74, 6) is -7.97. The van der Waals surface area contributed by atoms with E-state index in [1.54, 1.807) is 27.7 Å². The molecule has 2 aromatic carbocycles. The predicted octanol–water partition coefficient (Wildman–Crippen LogP) is 5.49. The van der Waals surface area contributed by atoms with Crippen LogP contribution in [0.15, 0.2) is 30.3 Å². The van der Waals surface area contributed by atoms with Crippen molar-refractivity contribution in [2.75, 3.05) is 12.4 Å². The van der Waals surface area contributed by atoms with Gasteiger partial charge in [-0.15, -0.1) is 0 Å². The molecule has 2 saturated heterocycles. The number of rotatable bonds is 5. The Bertz CT molecular complexity index is 1300. The van der Waals surface area contributed by atoms with Crippen molar-refractivity contribution in [3.8, 4) is 5.75 Å². The van der Waals surface area contributed by atoms with E-state index in [0.717, 1.165) is 32.2 Å². The largest absolute Gasteiger partial charge is 0.497 e. The summed E-state index contributed by atoms with van der Waals surface area (Å²) in [6.45, 7) is 9.18. The third-order valence-electron chi connectivity index (χ3n) is 8.35. The van der Waals surface area contributed by atoms with Gasteiger partial charge < -0.3 is 24.1 Å². The Hall–Kier alpha value is -2.77. The van der Waals surface area contributed by atoms with Crippen LogP contribution in [0.4, 0.5) is 32.0 Å². The Morgan fingerprint density at radius 2 is 1.57 bits per heavy atom. The summed E-state index contributed by atoms with van der Waals surface area (Å²) in [6.07, 6.45) is -6.73. The van der Waals surface area contributed by atoms with Crippen LogP contribution in [-0.2, 0) is 18.8 Å². The van der Waals surface area contributed by atoms with Gasteiger partial charge in [-0.05, 0) is 52.8 Å². The molecule has 2 fully saturated rings. The van der Waals surface area contributed by atoms with E-state index in [1.807, 2.05) is 0 Å². The van der Waals surface area contributed by atoms with E-state index in [1.165, 1.54) is 19.1 Å². The van der Waals surface area contributed by atoms with Crippen LogP contribution in [0.5, 0.6) is 5.75 Å². The molecule has 4 atom stereocenters. The molecule has 1 N–H and O–H groups in total. The monoisotopic (exact) mass is 573 g/mol. The van der Waals surface area contributed by atoms with Crippen molar-refractivity contribution >= 4 is 24.2 Å². The molecule has 0 unspecified atom stereocenters. The molecular weight excluding hydrogens is 543 g/mol. The van der Waals surface area contributed by atoms with Gasteiger partial charge in [0.2, 0.25) is 5.82 Å². The molecular formula is C27H30BF6NO5. The number of carbonyl (C=O) groups excluding carboxylic acids is 1. The average molecular weight is 573 g/mol. The zero-order valence-corrected chi connectivity index (χ0v) is 23.0. The molecule has 218 valence electrons. The first-order valence-electron chi connectivity index (χ1n) is 12.6. The number of benzene rings is 2. The number of hydrogen-bond acceptors (Lipinski definition) is 5. The molecule has 13 heteroatoms. The van der Waals surface area contributed by atoms with Crippen LogP contribution in [0.25, 0.3) is 0 Å². The van der Waals surface area contributed by atoms with Gasteiger partial charge in [0, 0.05) is 28.5 Å². The van der Waals surface area contributed by atoms with Crippen molar-refractivity contribution in [3.05, 3.63) is 53.3 Å². The lowest BCUT2D eigenvalue weighted by Crippen LogP contribution is -2.47. The van der Waals surface area contributed by atoms with Gasteiger partial charge in [0.15, 0.2) is 17.2 Å². The van der Waals surface area contributed by atoms with Gasteiger partial charge in [-0.1, -0.05) is 19.1 Å². The third-order valence-corrected chi connectivity index (χ3v) is 8.35. The molecule has 0 saturated carbocycles. The Morgan fingerprint density at radius 3 is 2.10 bits per heavy atom. The number of halogens is 6. The molecule has 1 amide bonds. The number of hydrogen-bond donors (Lipinski definition) is 1. The molecule has 0 spiro atoms. The van der Waals surface area contributed by atoms with Gasteiger partial charge >= 0.3 is 13.3 Å². The van der Waals surface area contributed by atoms with E-state index in [2.05, 4.69) is 5.32 Å². The maximum absolute atomic E-state index is 15.1. The SMILES string of the molecule is COc1c([C@H]2[C@H](C(=O)Nc3ccc(B4OC(C)(C)C(C)(C)O4)c(F)c3)O[C@@](C)(C(F)(F)F)[C@H]2C)ccc(F)c1F. The summed E-state index contributed by atoms with van der Waals surface area (Å²) in [6, 6.07) is 5.45. The van der Waals surface area contributed by atoms with Crippen LogP contribution >= 0.6 is 0 Å². The summed E-state index contributed by atoms with van der Waals surface area (Å²) >= 11 is 0. The summed E-state index contributed by atoms with van der Waals surface area (Å²) < 4.78 is 108. The lowest BCUT2D eigenvalue weighted by atomic mass is 9.76. The molecule has 0 bridgehead atoms. The average Bonchev–Trinajstić information content (AvgIpc) is 3.23. The molecule has 0 radical (unpaired) electrons. The van der Waals surface area contributed by atoms with E-state index in [0.29, 0.717) is 0 Å². The third kappa shape index (κ3) is 4.85. The smallest absolute Gasteiger partial charge is 0.493 e. The molecule has 4 rings (SSSR count). The minimum atomic E-state index is -4.91. The van der Waals surface area contributed by atoms with Crippen molar-refractivity contribution < 1.29 is 49.9 Å². The van der Waals surface area contributed by atoms with Crippen molar-refractivity contribution in [3.63, 3.8) is 0 Å². The molecule has 6 nitrogen and oxygen atoms in total. The van der Waals surface area contributed by atoms with E-state index < -0.39 is 77.1 Å². The lowest BCUT2D eigenvalue weighted by molar-refractivity contribution is -0.272. The second kappa shape index (κ2) is 9.95. The highest BCUT2D eigenvalue weighted by Crippen LogP contribution is 2.55. The number of nitrogens with one attached hydrogen (secondary N) is 1. The highest BCUT2D eigenvalue weighted by Gasteiger charge is 2.66. The van der Waals surface area contributed by atoms with Gasteiger partial charge in [0.05, 0.1) is 18.3 Å². The fourth-order valence-corrected chi connectivity index (χ4v) is 5.02. The Balaban J connectivity index is 1.66. The summed E-state index contributed by atoms with van der Waals surface area (Å²) in [7, 11) is 0.0102. The van der Waals surface area contributed by atoms with Crippen molar-refractivity contribution in [2.24, 2.45) is 5.92 Å². The van der Waals surface area contributed by atoms with E-state index >= 15 is 4.39 Å². The van der Waals surface area contributed by atoms with Crippen molar-refractivity contribution in [1.29, 1.82) is 0 Å². The summed E-state index contributed by atoms with van der Waals surface area (Å²) in [4.78, 5) is 13.3. The second-order valence-electron chi connectivity index (χ2n) is 11.3. The molecule has 2 aromatic rings. The second-order valence-corrected chi connectivity index (χ2v) is 11.3. The van der Waals surface area contributed by atoms with Crippen molar-refractivity contribution in [2.45, 2.75) is 76.5 Å². The lowest BCUT2D eigenvalue weighted by Gasteiger charge is -2.32. The van der Waals surface area contributed by atoms with Crippen LogP contribution in [-0.4, -0.2) is 49.2 Å². The Morgan fingerprint density at radius 1 is 0.975 bits per heavy atom. The van der Waals surface area contributed by atoms with E-state index in [-0.39, 0.29) is 16.7 Å². The molecule has 0 aliphatic carbocycles. The van der Waals surface area contributed by atoms with Crippen LogP contribution in [0.1, 0.15) is 53.0 Å². The molecule has 2 aliphatic heterocycles. The summed E-state index contributed by atoms with van der Waals surface area (Å²) in [5.41, 5.74) is -4.46. The highest BCUT2D eigenvalue weighted by atomic mass is 19.4. The zero-order valence-electron chi connectivity index (χ0n) is 23.0. The fraction of sp³-hybridized carbons (Fsp3) is 0.519. The van der Waals surface area contributed by atoms with Crippen LogP contribution in [0.2, 0.25) is 0 Å². The topological polar surface area (TPSA) is 66.0 Å². The standard InChI is InChI=1S/C27H30BF6NO5/c1-13-19(15-9-11-17(29)20(31)21(15)37-7)22(38-26(13,6)27(32,33)34)23(36)35-14-8-10-16(18(30)12-14)28-39-24(2,3)25(4,5)40-28/h8-13,19,22H,1-7H3,(H,35,36)/t13-,19-,22+,26+/m0/s1. The maximum atomic E-state index is 15.1. The highest BCUT2D eigenvalue weighted by molar-refractivity contribution is 6.62. The predicted molar refractivity (Wildman–Crippen MR) is 135 cm³/mol. The molecule has 2 heterocycles. The van der Waals surface area contributed by atoms with Gasteiger partial charge in [-0.2, -0.15) is 17.6 Å². The van der Waals surface area contributed by atoms with Gasteiger partial charge in [-0.3, -0.25) is 4.79 Å². The maximum Gasteiger partial charge on any atom is 0.497 e. The minimum absolute atomic E-state index is 0.0661. The minimum Gasteiger partial charge on any atom is -0.493 e. The van der Waals surface area contributed by atoms with Gasteiger partial charge in [-0.25, -0.2) is 8.78 Å². The summed E-state index contributed by atoms with van der Waals surface area (Å²) in [5, 5.41) is 2.39. The van der Waals surface area contributed by atoms with Crippen LogP contribution in [0, 0.1) is 23.4 Å². The quantitative estimate of drug-likeness (QED) is 0.379. The zero-order chi connectivity index (χ0) is 30.0. The van der Waals surface area contributed by atoms with E-state index in [9.17, 15) is 26.7 Å². The number of carbonyl (C=O) groups is 1. The van der Waals surface area contributed by atoms with E-state index in [4.69, 9.17) is 18.8 Å². The molecule has 40 heavy (non-hydrogen) atoms.